The number of benzene rings is 2. The number of hydrogen-bond acceptors (Lipinski definition) is 7. The van der Waals surface area contributed by atoms with Crippen molar-refractivity contribution in [3.8, 4) is 11.5 Å². The first-order valence-corrected chi connectivity index (χ1v) is 12.1. The molecule has 35 heavy (non-hydrogen) atoms. The number of hydrogen-bond donors (Lipinski definition) is 2. The van der Waals surface area contributed by atoms with E-state index in [2.05, 4.69) is 36.5 Å². The second-order valence-corrected chi connectivity index (χ2v) is 9.55. The third kappa shape index (κ3) is 3.84. The molecule has 0 bridgehead atoms. The van der Waals surface area contributed by atoms with Crippen molar-refractivity contribution in [2.45, 2.75) is 25.2 Å². The number of fused-ring (bicyclic) bond motifs is 2. The Morgan fingerprint density at radius 2 is 1.97 bits per heavy atom. The number of ether oxygens (including phenoxy) is 2. The maximum Gasteiger partial charge on any atom is 0.330 e. The monoisotopic (exact) mass is 540 g/mol. The summed E-state index contributed by atoms with van der Waals surface area (Å²) in [5, 5.41) is 6.50. The number of carbonyl (C=O) groups excluding carboxylic acids is 1. The molecule has 9 nitrogen and oxygen atoms in total. The highest BCUT2D eigenvalue weighted by Gasteiger charge is 2.42. The number of aromatic nitrogens is 2. The maximum absolute atomic E-state index is 14.5. The molecule has 0 saturated carbocycles. The lowest BCUT2D eigenvalue weighted by atomic mass is 10.1. The number of anilines is 4. The van der Waals surface area contributed by atoms with Gasteiger partial charge in [0.1, 0.15) is 11.6 Å². The molecule has 3 aliphatic rings. The molecule has 1 fully saturated rings. The van der Waals surface area contributed by atoms with Crippen LogP contribution in [0, 0.1) is 5.82 Å². The molecule has 2 amide bonds. The summed E-state index contributed by atoms with van der Waals surface area (Å²) in [5.41, 5.74) is 1.62. The van der Waals surface area contributed by atoms with Gasteiger partial charge in [-0.25, -0.2) is 14.2 Å². The predicted molar refractivity (Wildman–Crippen MR) is 132 cm³/mol. The maximum atomic E-state index is 14.5. The second kappa shape index (κ2) is 8.35. The average Bonchev–Trinajstić information content (AvgIpc) is 3.19. The summed E-state index contributed by atoms with van der Waals surface area (Å²) in [6.45, 7) is 1.85. The minimum absolute atomic E-state index is 0.152. The summed E-state index contributed by atoms with van der Waals surface area (Å²) in [4.78, 5) is 24.8. The quantitative estimate of drug-likeness (QED) is 0.503. The van der Waals surface area contributed by atoms with E-state index in [-0.39, 0.29) is 18.3 Å². The van der Waals surface area contributed by atoms with E-state index < -0.39 is 11.6 Å². The van der Waals surface area contributed by atoms with Gasteiger partial charge in [-0.05, 0) is 40.2 Å². The number of nitrogens with zero attached hydrogens (tertiary/aromatic N) is 4. The molecule has 2 N–H and O–H groups in total. The third-order valence-electron chi connectivity index (χ3n) is 6.37. The summed E-state index contributed by atoms with van der Waals surface area (Å²) in [6, 6.07) is 9.82. The Bertz CT molecular complexity index is 1310. The van der Waals surface area contributed by atoms with E-state index in [1.807, 2.05) is 18.2 Å². The lowest BCUT2D eigenvalue weighted by Gasteiger charge is -2.34. The topological polar surface area (TPSA) is 91.9 Å². The molecule has 0 radical (unpaired) electrons. The van der Waals surface area contributed by atoms with Crippen LogP contribution in [-0.2, 0) is 6.54 Å². The van der Waals surface area contributed by atoms with Gasteiger partial charge in [0.15, 0.2) is 11.5 Å². The van der Waals surface area contributed by atoms with Crippen LogP contribution in [0.25, 0.3) is 0 Å². The van der Waals surface area contributed by atoms with Crippen LogP contribution in [0.5, 0.6) is 11.5 Å². The number of carbonyl (C=O) groups is 1. The molecule has 0 unspecified atom stereocenters. The molecule has 2 aromatic carbocycles. The SMILES string of the molecule is CN1C(=O)N(c2c(F)cccc2Br)Cc2cnc(Nc3ccc4c(c3)OC3(CCNCC3)O4)nc21. The lowest BCUT2D eigenvalue weighted by Crippen LogP contribution is -2.48. The third-order valence-corrected chi connectivity index (χ3v) is 7.01. The molecule has 1 aromatic heterocycles. The zero-order valence-electron chi connectivity index (χ0n) is 18.8. The first kappa shape index (κ1) is 22.1. The fraction of sp³-hybridized carbons (Fsp3) is 0.292. The Kier molecular flexibility index (Phi) is 5.26. The Balaban J connectivity index is 1.24. The molecule has 0 aliphatic carbocycles. The van der Waals surface area contributed by atoms with E-state index in [1.165, 1.54) is 15.9 Å². The van der Waals surface area contributed by atoms with Crippen LogP contribution < -0.4 is 29.9 Å². The van der Waals surface area contributed by atoms with Gasteiger partial charge in [0.25, 0.3) is 5.79 Å². The average molecular weight is 541 g/mol. The summed E-state index contributed by atoms with van der Waals surface area (Å²) in [7, 11) is 1.61. The molecule has 1 saturated heterocycles. The molecular formula is C24H22BrFN6O3. The number of urea groups is 1. The van der Waals surface area contributed by atoms with Crippen LogP contribution in [0.15, 0.2) is 47.1 Å². The number of nitrogens with one attached hydrogen (secondary N) is 2. The minimum Gasteiger partial charge on any atom is -0.448 e. The number of amides is 2. The Labute approximate surface area is 209 Å². The Morgan fingerprint density at radius 3 is 2.77 bits per heavy atom. The van der Waals surface area contributed by atoms with Gasteiger partial charge in [0.05, 0.1) is 12.2 Å². The normalized spacial score (nSPS) is 18.1. The molecule has 3 aromatic rings. The standard InChI is InChI=1S/C24H22BrFN6O3/c1-31-21-14(13-32(23(31)33)20-16(25)3-2-4-17(20)26)12-28-22(30-21)29-15-5-6-18-19(11-15)35-24(34-18)7-9-27-10-8-24/h2-6,11-12,27H,7-10,13H2,1H3,(H,28,29,30). The molecule has 6 rings (SSSR count). The highest BCUT2D eigenvalue weighted by Crippen LogP contribution is 2.44. The van der Waals surface area contributed by atoms with Crippen LogP contribution in [0.3, 0.4) is 0 Å². The first-order chi connectivity index (χ1) is 16.9. The molecule has 180 valence electrons. The minimum atomic E-state index is -0.600. The smallest absolute Gasteiger partial charge is 0.330 e. The van der Waals surface area contributed by atoms with Crippen molar-refractivity contribution in [3.05, 3.63) is 58.4 Å². The zero-order valence-corrected chi connectivity index (χ0v) is 20.4. The van der Waals surface area contributed by atoms with E-state index >= 15 is 0 Å². The molecule has 11 heteroatoms. The van der Waals surface area contributed by atoms with Crippen LogP contribution >= 0.6 is 15.9 Å². The molecule has 1 spiro atoms. The van der Waals surface area contributed by atoms with Crippen molar-refractivity contribution in [1.82, 2.24) is 15.3 Å². The van der Waals surface area contributed by atoms with Crippen LogP contribution in [0.2, 0.25) is 0 Å². The van der Waals surface area contributed by atoms with Crippen LogP contribution in [0.1, 0.15) is 18.4 Å². The number of rotatable bonds is 3. The summed E-state index contributed by atoms with van der Waals surface area (Å²) in [6.07, 6.45) is 3.20. The highest BCUT2D eigenvalue weighted by molar-refractivity contribution is 9.10. The summed E-state index contributed by atoms with van der Waals surface area (Å²) < 4.78 is 27.3. The Hall–Kier alpha value is -3.44. The van der Waals surface area contributed by atoms with Gasteiger partial charge in [0.2, 0.25) is 5.95 Å². The van der Waals surface area contributed by atoms with Gasteiger partial charge >= 0.3 is 6.03 Å². The van der Waals surface area contributed by atoms with Crippen LogP contribution in [-0.4, -0.2) is 41.9 Å². The van der Waals surface area contributed by atoms with Gasteiger partial charge in [0, 0.05) is 61.0 Å². The molecular weight excluding hydrogens is 519 g/mol. The van der Waals surface area contributed by atoms with Crippen molar-refractivity contribution in [1.29, 1.82) is 0 Å². The van der Waals surface area contributed by atoms with Crippen molar-refractivity contribution in [2.24, 2.45) is 0 Å². The summed E-state index contributed by atoms with van der Waals surface area (Å²) in [5.74, 6) is 1.10. The van der Waals surface area contributed by atoms with E-state index in [1.54, 1.807) is 25.4 Å². The van der Waals surface area contributed by atoms with Gasteiger partial charge in [-0.1, -0.05) is 6.07 Å². The molecule has 0 atom stereocenters. The zero-order chi connectivity index (χ0) is 24.2. The van der Waals surface area contributed by atoms with E-state index in [0.29, 0.717) is 33.3 Å². The summed E-state index contributed by atoms with van der Waals surface area (Å²) >= 11 is 3.35. The van der Waals surface area contributed by atoms with Crippen LogP contribution in [0.4, 0.5) is 32.3 Å². The number of para-hydroxylation sites is 1. The van der Waals surface area contributed by atoms with Gasteiger partial charge < -0.3 is 20.1 Å². The van der Waals surface area contributed by atoms with Crippen molar-refractivity contribution in [3.63, 3.8) is 0 Å². The van der Waals surface area contributed by atoms with E-state index in [9.17, 15) is 9.18 Å². The largest absolute Gasteiger partial charge is 0.448 e. The van der Waals surface area contributed by atoms with E-state index in [0.717, 1.165) is 31.6 Å². The highest BCUT2D eigenvalue weighted by atomic mass is 79.9. The molecule has 3 aliphatic heterocycles. The fourth-order valence-corrected chi connectivity index (χ4v) is 5.16. The second-order valence-electron chi connectivity index (χ2n) is 8.69. The predicted octanol–water partition coefficient (Wildman–Crippen LogP) is 4.55. The van der Waals surface area contributed by atoms with Gasteiger partial charge in [-0.15, -0.1) is 0 Å². The van der Waals surface area contributed by atoms with Gasteiger partial charge in [-0.2, -0.15) is 4.98 Å². The number of halogens is 2. The lowest BCUT2D eigenvalue weighted by molar-refractivity contribution is -0.0998. The Morgan fingerprint density at radius 1 is 1.17 bits per heavy atom. The first-order valence-electron chi connectivity index (χ1n) is 11.3. The molecule has 4 heterocycles. The van der Waals surface area contributed by atoms with Crippen molar-refractivity contribution < 1.29 is 18.7 Å². The number of piperidine rings is 1. The van der Waals surface area contributed by atoms with Gasteiger partial charge in [-0.3, -0.25) is 9.80 Å². The fourth-order valence-electron chi connectivity index (χ4n) is 4.60. The van der Waals surface area contributed by atoms with Crippen molar-refractivity contribution in [2.75, 3.05) is 35.3 Å². The van der Waals surface area contributed by atoms with E-state index in [4.69, 9.17) is 9.47 Å². The van der Waals surface area contributed by atoms with Crippen molar-refractivity contribution >= 4 is 45.1 Å².